The zero-order valence-corrected chi connectivity index (χ0v) is 12.8. The van der Waals surface area contributed by atoms with Gasteiger partial charge in [0.25, 0.3) is 0 Å². The molecule has 1 amide bonds. The first-order chi connectivity index (χ1) is 8.19. The van der Waals surface area contributed by atoms with Gasteiger partial charge in [0.1, 0.15) is 5.75 Å². The van der Waals surface area contributed by atoms with E-state index in [9.17, 15) is 13.2 Å². The molecule has 1 aromatic carbocycles. The quantitative estimate of drug-likeness (QED) is 0.844. The molecule has 0 aliphatic heterocycles. The van der Waals surface area contributed by atoms with E-state index in [2.05, 4.69) is 15.9 Å². The van der Waals surface area contributed by atoms with Crippen LogP contribution in [0.4, 0.5) is 4.79 Å². The Balaban J connectivity index is 2.94. The maximum atomic E-state index is 11.3. The predicted octanol–water partition coefficient (Wildman–Crippen LogP) is 3.14. The van der Waals surface area contributed by atoms with Crippen LogP contribution in [-0.4, -0.2) is 14.5 Å². The lowest BCUT2D eigenvalue weighted by Crippen LogP contribution is -2.29. The molecule has 0 heterocycles. The Morgan fingerprint density at radius 2 is 2.06 bits per heavy atom. The van der Waals surface area contributed by atoms with Crippen LogP contribution in [0.25, 0.3) is 0 Å². The summed E-state index contributed by atoms with van der Waals surface area (Å²) in [7, 11) is 0.728. The van der Waals surface area contributed by atoms with E-state index in [4.69, 9.17) is 15.4 Å². The van der Waals surface area contributed by atoms with Gasteiger partial charge in [-0.05, 0) is 29.7 Å². The van der Waals surface area contributed by atoms with Crippen molar-refractivity contribution in [3.8, 4) is 5.75 Å². The van der Waals surface area contributed by atoms with Crippen LogP contribution < -0.4 is 9.46 Å². The second kappa shape index (κ2) is 5.90. The van der Waals surface area contributed by atoms with Gasteiger partial charge in [0.15, 0.2) is 0 Å². The minimum atomic E-state index is -4.15. The fourth-order valence-corrected chi connectivity index (χ4v) is 2.09. The molecule has 0 bridgehead atoms. The number of carbonyl (C=O) groups excluding carboxylic acids is 1. The summed E-state index contributed by atoms with van der Waals surface area (Å²) in [6, 6.07) is 5.05. The third kappa shape index (κ3) is 4.83. The average molecular weight is 357 g/mol. The Hall–Kier alpha value is -0.790. The van der Waals surface area contributed by atoms with Crippen LogP contribution in [-0.2, 0) is 9.24 Å². The maximum Gasteiger partial charge on any atom is 0.427 e. The molecule has 8 heteroatoms. The molecule has 0 aromatic heterocycles. The van der Waals surface area contributed by atoms with Crippen molar-refractivity contribution in [3.05, 3.63) is 28.2 Å². The fourth-order valence-electron chi connectivity index (χ4n) is 1.28. The van der Waals surface area contributed by atoms with Gasteiger partial charge in [0.2, 0.25) is 0 Å². The van der Waals surface area contributed by atoms with E-state index in [1.165, 1.54) is 4.72 Å². The predicted molar refractivity (Wildman–Crippen MR) is 72.2 cm³/mol. The van der Waals surface area contributed by atoms with Crippen molar-refractivity contribution >= 4 is 41.9 Å². The van der Waals surface area contributed by atoms with Crippen molar-refractivity contribution in [2.75, 3.05) is 0 Å². The first-order valence-electron chi connectivity index (χ1n) is 4.92. The van der Waals surface area contributed by atoms with E-state index in [-0.39, 0.29) is 11.7 Å². The molecule has 100 valence electrons. The van der Waals surface area contributed by atoms with Crippen LogP contribution in [0.5, 0.6) is 5.75 Å². The molecule has 1 N–H and O–H groups in total. The van der Waals surface area contributed by atoms with E-state index < -0.39 is 15.3 Å². The molecule has 0 aliphatic rings. The molecule has 0 unspecified atom stereocenters. The van der Waals surface area contributed by atoms with Crippen molar-refractivity contribution in [2.24, 2.45) is 0 Å². The lowest BCUT2D eigenvalue weighted by molar-refractivity contribution is 0.206. The van der Waals surface area contributed by atoms with E-state index in [1.807, 2.05) is 13.8 Å². The highest BCUT2D eigenvalue weighted by Crippen LogP contribution is 2.29. The Morgan fingerprint density at radius 3 is 2.56 bits per heavy atom. The largest absolute Gasteiger partial charge is 0.427 e. The molecule has 0 atom stereocenters. The Kier molecular flexibility index (Phi) is 5.01. The Bertz CT molecular complexity index is 559. The molecule has 1 aromatic rings. The lowest BCUT2D eigenvalue weighted by atomic mass is 10.0. The monoisotopic (exact) mass is 355 g/mol. The number of nitrogens with one attached hydrogen (secondary N) is 1. The first-order valence-corrected chi connectivity index (χ1v) is 8.03. The van der Waals surface area contributed by atoms with Crippen LogP contribution in [0.15, 0.2) is 22.7 Å². The highest BCUT2D eigenvalue weighted by molar-refractivity contribution is 9.10. The van der Waals surface area contributed by atoms with Gasteiger partial charge in [0, 0.05) is 15.2 Å². The number of halogens is 2. The van der Waals surface area contributed by atoms with Gasteiger partial charge in [0.05, 0.1) is 0 Å². The number of hydrogen-bond donors (Lipinski definition) is 1. The number of rotatable bonds is 3. The Morgan fingerprint density at radius 1 is 1.44 bits per heavy atom. The van der Waals surface area contributed by atoms with Crippen LogP contribution in [0.1, 0.15) is 25.3 Å². The highest BCUT2D eigenvalue weighted by atomic mass is 79.9. The normalized spacial score (nSPS) is 11.4. The third-order valence-corrected chi connectivity index (χ3v) is 3.14. The van der Waals surface area contributed by atoms with Crippen molar-refractivity contribution in [1.82, 2.24) is 4.72 Å². The van der Waals surface area contributed by atoms with Crippen molar-refractivity contribution in [3.63, 3.8) is 0 Å². The molecule has 0 fully saturated rings. The highest BCUT2D eigenvalue weighted by Gasteiger charge is 2.16. The standard InChI is InChI=1S/C10H11BrClNO4S/c1-6(2)8-5-7(11)3-4-9(8)17-10(14)13-18(12,15)16/h3-6H,1-2H3,(H,13,14). The summed E-state index contributed by atoms with van der Waals surface area (Å²) < 4.78 is 28.6. The van der Waals surface area contributed by atoms with Gasteiger partial charge in [-0.1, -0.05) is 29.8 Å². The lowest BCUT2D eigenvalue weighted by Gasteiger charge is -2.12. The van der Waals surface area contributed by atoms with Gasteiger partial charge in [-0.25, -0.2) is 9.52 Å². The number of carbonyl (C=O) groups is 1. The summed E-state index contributed by atoms with van der Waals surface area (Å²) in [5.74, 6) is 0.393. The van der Waals surface area contributed by atoms with E-state index in [0.717, 1.165) is 10.0 Å². The average Bonchev–Trinajstić information content (AvgIpc) is 2.17. The molecule has 0 saturated carbocycles. The van der Waals surface area contributed by atoms with Gasteiger partial charge in [-0.2, -0.15) is 8.42 Å². The zero-order chi connectivity index (χ0) is 13.9. The van der Waals surface area contributed by atoms with Crippen LogP contribution in [0, 0.1) is 0 Å². The van der Waals surface area contributed by atoms with Crippen LogP contribution in [0.2, 0.25) is 0 Å². The SMILES string of the molecule is CC(C)c1cc(Br)ccc1OC(=O)NS(=O)(=O)Cl. The molecule has 0 aliphatic carbocycles. The molecule has 5 nitrogen and oxygen atoms in total. The third-order valence-electron chi connectivity index (χ3n) is 2.00. The topological polar surface area (TPSA) is 72.5 Å². The minimum absolute atomic E-state index is 0.109. The van der Waals surface area contributed by atoms with E-state index in [0.29, 0.717) is 0 Å². The maximum absolute atomic E-state index is 11.3. The second-order valence-corrected chi connectivity index (χ2v) is 6.98. The van der Waals surface area contributed by atoms with Crippen LogP contribution in [0.3, 0.4) is 0 Å². The van der Waals surface area contributed by atoms with Gasteiger partial charge in [-0.15, -0.1) is 0 Å². The minimum Gasteiger partial charge on any atom is -0.409 e. The van der Waals surface area contributed by atoms with Crippen molar-refractivity contribution in [2.45, 2.75) is 19.8 Å². The number of hydrogen-bond acceptors (Lipinski definition) is 4. The summed E-state index contributed by atoms with van der Waals surface area (Å²) in [5.41, 5.74) is 0.770. The second-order valence-electron chi connectivity index (χ2n) is 3.77. The molecule has 0 radical (unpaired) electrons. The molecule has 0 spiro atoms. The first kappa shape index (κ1) is 15.3. The molecule has 18 heavy (non-hydrogen) atoms. The summed E-state index contributed by atoms with van der Waals surface area (Å²) in [4.78, 5) is 11.3. The molecule has 1 rings (SSSR count). The number of benzene rings is 1. The summed E-state index contributed by atoms with van der Waals surface area (Å²) >= 11 is 3.31. The number of ether oxygens (including phenoxy) is 1. The number of amides is 1. The van der Waals surface area contributed by atoms with Gasteiger partial charge in [-0.3, -0.25) is 0 Å². The smallest absolute Gasteiger partial charge is 0.409 e. The Labute approximate surface area is 118 Å². The van der Waals surface area contributed by atoms with Crippen molar-refractivity contribution < 1.29 is 17.9 Å². The van der Waals surface area contributed by atoms with Gasteiger partial charge < -0.3 is 4.74 Å². The molecular formula is C10H11BrClNO4S. The van der Waals surface area contributed by atoms with Crippen molar-refractivity contribution in [1.29, 1.82) is 0 Å². The van der Waals surface area contributed by atoms with E-state index in [1.54, 1.807) is 18.2 Å². The summed E-state index contributed by atoms with van der Waals surface area (Å²) in [6.45, 7) is 3.84. The fraction of sp³-hybridized carbons (Fsp3) is 0.300. The van der Waals surface area contributed by atoms with Crippen LogP contribution >= 0.6 is 26.6 Å². The molecular weight excluding hydrogens is 346 g/mol. The summed E-state index contributed by atoms with van der Waals surface area (Å²) in [6.07, 6.45) is -1.14. The van der Waals surface area contributed by atoms with Gasteiger partial charge >= 0.3 is 15.3 Å². The zero-order valence-electron chi connectivity index (χ0n) is 9.61. The molecule has 0 saturated heterocycles. The van der Waals surface area contributed by atoms with E-state index >= 15 is 0 Å². The summed E-state index contributed by atoms with van der Waals surface area (Å²) in [5, 5.41) is 0.